The second-order valence-electron chi connectivity index (χ2n) is 3.70. The molecule has 1 aromatic heterocycles. The Morgan fingerprint density at radius 3 is 2.74 bits per heavy atom. The number of rotatable bonds is 5. The lowest BCUT2D eigenvalue weighted by atomic mass is 10.2. The van der Waals surface area contributed by atoms with Crippen molar-refractivity contribution >= 4 is 17.3 Å². The number of halogens is 1. The molecule has 0 unspecified atom stereocenters. The van der Waals surface area contributed by atoms with Crippen molar-refractivity contribution in [1.82, 2.24) is 0 Å². The van der Waals surface area contributed by atoms with Crippen LogP contribution in [0.2, 0.25) is 0 Å². The number of thiophene rings is 1. The summed E-state index contributed by atoms with van der Waals surface area (Å²) in [5, 5.41) is 10.3. The molecule has 1 N–H and O–H groups in total. The number of hydrogen-bond donors (Lipinski definition) is 1. The van der Waals surface area contributed by atoms with Gasteiger partial charge in [-0.05, 0) is 12.1 Å². The van der Waals surface area contributed by atoms with Gasteiger partial charge in [0.1, 0.15) is 28.8 Å². The highest BCUT2D eigenvalue weighted by Crippen LogP contribution is 2.23. The van der Waals surface area contributed by atoms with E-state index in [2.05, 4.69) is 0 Å². The molecule has 100 valence electrons. The molecule has 0 bridgehead atoms. The number of carbonyl (C=O) groups is 1. The minimum Gasteiger partial charge on any atom is -0.497 e. The number of carboxylic acid groups (broad SMARTS) is 1. The molecule has 0 radical (unpaired) electrons. The number of hydrogen-bond acceptors (Lipinski definition) is 4. The molecule has 0 amide bonds. The fraction of sp³-hybridized carbons (Fsp3) is 0.154. The Labute approximate surface area is 113 Å². The monoisotopic (exact) mass is 282 g/mol. The standard InChI is InChI=1S/C13H11FO4S/c1-17-9-3-2-8(11(14)4-9)6-18-10-5-12(13(15)16)19-7-10/h2-5,7H,6H2,1H3,(H,15,16). The van der Waals surface area contributed by atoms with Gasteiger partial charge in [0, 0.05) is 23.1 Å². The van der Waals surface area contributed by atoms with Crippen LogP contribution in [-0.2, 0) is 6.61 Å². The summed E-state index contributed by atoms with van der Waals surface area (Å²) in [5.41, 5.74) is 0.379. The second kappa shape index (κ2) is 5.71. The lowest BCUT2D eigenvalue weighted by Crippen LogP contribution is -1.98. The molecule has 0 spiro atoms. The fourth-order valence-electron chi connectivity index (χ4n) is 1.44. The Kier molecular flexibility index (Phi) is 4.01. The number of benzene rings is 1. The molecular formula is C13H11FO4S. The van der Waals surface area contributed by atoms with Crippen LogP contribution in [0.15, 0.2) is 29.6 Å². The first-order valence-electron chi connectivity index (χ1n) is 5.37. The summed E-state index contributed by atoms with van der Waals surface area (Å²) < 4.78 is 23.9. The molecule has 1 heterocycles. The summed E-state index contributed by atoms with van der Waals surface area (Å²) in [7, 11) is 1.46. The van der Waals surface area contributed by atoms with Gasteiger partial charge >= 0.3 is 5.97 Å². The van der Waals surface area contributed by atoms with E-state index in [9.17, 15) is 9.18 Å². The third kappa shape index (κ3) is 3.23. The molecule has 0 fully saturated rings. The smallest absolute Gasteiger partial charge is 0.346 e. The van der Waals surface area contributed by atoms with Crippen molar-refractivity contribution in [3.8, 4) is 11.5 Å². The van der Waals surface area contributed by atoms with E-state index in [0.717, 1.165) is 11.3 Å². The fourth-order valence-corrected chi connectivity index (χ4v) is 2.10. The van der Waals surface area contributed by atoms with E-state index in [1.807, 2.05) is 0 Å². The molecule has 2 rings (SSSR count). The maximum absolute atomic E-state index is 13.6. The summed E-state index contributed by atoms with van der Waals surface area (Å²) in [5.74, 6) is -0.578. The zero-order valence-electron chi connectivity index (χ0n) is 10.1. The average molecular weight is 282 g/mol. The van der Waals surface area contributed by atoms with Crippen LogP contribution in [-0.4, -0.2) is 18.2 Å². The van der Waals surface area contributed by atoms with Gasteiger partial charge in [0.25, 0.3) is 0 Å². The summed E-state index contributed by atoms with van der Waals surface area (Å²) in [4.78, 5) is 10.9. The molecule has 19 heavy (non-hydrogen) atoms. The van der Waals surface area contributed by atoms with E-state index in [1.54, 1.807) is 17.5 Å². The van der Waals surface area contributed by atoms with Crippen molar-refractivity contribution in [3.05, 3.63) is 45.9 Å². The quantitative estimate of drug-likeness (QED) is 0.915. The van der Waals surface area contributed by atoms with Crippen LogP contribution in [0.3, 0.4) is 0 Å². The molecular weight excluding hydrogens is 271 g/mol. The molecule has 0 aliphatic carbocycles. The van der Waals surface area contributed by atoms with Gasteiger partial charge in [0.15, 0.2) is 0 Å². The summed E-state index contributed by atoms with van der Waals surface area (Å²) in [6.45, 7) is 0.0334. The molecule has 0 saturated carbocycles. The Morgan fingerprint density at radius 2 is 2.16 bits per heavy atom. The Bertz CT molecular complexity index is 594. The van der Waals surface area contributed by atoms with Gasteiger partial charge in [-0.3, -0.25) is 0 Å². The second-order valence-corrected chi connectivity index (χ2v) is 4.61. The van der Waals surface area contributed by atoms with Crippen LogP contribution in [0.4, 0.5) is 4.39 Å². The van der Waals surface area contributed by atoms with Gasteiger partial charge in [0.05, 0.1) is 7.11 Å². The normalized spacial score (nSPS) is 10.2. The molecule has 2 aromatic rings. The minimum absolute atomic E-state index is 0.0334. The van der Waals surface area contributed by atoms with Gasteiger partial charge in [-0.1, -0.05) is 0 Å². The van der Waals surface area contributed by atoms with E-state index >= 15 is 0 Å². The Balaban J connectivity index is 2.03. The summed E-state index contributed by atoms with van der Waals surface area (Å²) >= 11 is 1.06. The van der Waals surface area contributed by atoms with Crippen molar-refractivity contribution in [2.24, 2.45) is 0 Å². The predicted molar refractivity (Wildman–Crippen MR) is 68.6 cm³/mol. The van der Waals surface area contributed by atoms with E-state index < -0.39 is 11.8 Å². The van der Waals surface area contributed by atoms with Crippen LogP contribution >= 0.6 is 11.3 Å². The highest BCUT2D eigenvalue weighted by molar-refractivity contribution is 7.12. The first-order valence-corrected chi connectivity index (χ1v) is 6.25. The zero-order chi connectivity index (χ0) is 13.8. The maximum Gasteiger partial charge on any atom is 0.346 e. The number of methoxy groups -OCH3 is 1. The lowest BCUT2D eigenvalue weighted by molar-refractivity contribution is 0.0702. The Hall–Kier alpha value is -2.08. The third-order valence-electron chi connectivity index (χ3n) is 2.44. The van der Waals surface area contributed by atoms with Crippen LogP contribution in [0, 0.1) is 5.82 Å². The van der Waals surface area contributed by atoms with E-state index in [4.69, 9.17) is 14.6 Å². The molecule has 0 aliphatic heterocycles. The first-order chi connectivity index (χ1) is 9.10. The molecule has 0 aliphatic rings. The predicted octanol–water partition coefficient (Wildman–Crippen LogP) is 3.17. The molecule has 0 saturated heterocycles. The number of ether oxygens (including phenoxy) is 2. The molecule has 4 nitrogen and oxygen atoms in total. The van der Waals surface area contributed by atoms with E-state index in [-0.39, 0.29) is 11.5 Å². The maximum atomic E-state index is 13.6. The van der Waals surface area contributed by atoms with Crippen LogP contribution in [0.5, 0.6) is 11.5 Å². The van der Waals surface area contributed by atoms with Crippen molar-refractivity contribution in [1.29, 1.82) is 0 Å². The zero-order valence-corrected chi connectivity index (χ0v) is 10.9. The minimum atomic E-state index is -1.00. The van der Waals surface area contributed by atoms with Crippen LogP contribution in [0.1, 0.15) is 15.2 Å². The highest BCUT2D eigenvalue weighted by Gasteiger charge is 2.09. The SMILES string of the molecule is COc1ccc(COc2csc(C(=O)O)c2)c(F)c1. The summed E-state index contributed by atoms with van der Waals surface area (Å²) in [6.07, 6.45) is 0. The largest absolute Gasteiger partial charge is 0.497 e. The number of aromatic carboxylic acids is 1. The van der Waals surface area contributed by atoms with Gasteiger partial charge in [-0.15, -0.1) is 11.3 Å². The molecule has 1 aromatic carbocycles. The lowest BCUT2D eigenvalue weighted by Gasteiger charge is -2.06. The van der Waals surface area contributed by atoms with Crippen LogP contribution < -0.4 is 9.47 Å². The van der Waals surface area contributed by atoms with Gasteiger partial charge in [0.2, 0.25) is 0 Å². The molecule has 6 heteroatoms. The van der Waals surface area contributed by atoms with Crippen LogP contribution in [0.25, 0.3) is 0 Å². The molecule has 0 atom stereocenters. The van der Waals surface area contributed by atoms with Crippen molar-refractivity contribution in [2.45, 2.75) is 6.61 Å². The van der Waals surface area contributed by atoms with Crippen molar-refractivity contribution < 1.29 is 23.8 Å². The van der Waals surface area contributed by atoms with E-state index in [1.165, 1.54) is 19.2 Å². The van der Waals surface area contributed by atoms with Crippen molar-refractivity contribution in [2.75, 3.05) is 7.11 Å². The van der Waals surface area contributed by atoms with Gasteiger partial charge in [-0.2, -0.15) is 0 Å². The average Bonchev–Trinajstić information content (AvgIpc) is 2.86. The first kappa shape index (κ1) is 13.4. The number of carboxylic acids is 1. The van der Waals surface area contributed by atoms with Crippen molar-refractivity contribution in [3.63, 3.8) is 0 Å². The summed E-state index contributed by atoms with van der Waals surface area (Å²) in [6, 6.07) is 5.89. The van der Waals surface area contributed by atoms with Gasteiger partial charge in [-0.25, -0.2) is 9.18 Å². The topological polar surface area (TPSA) is 55.8 Å². The van der Waals surface area contributed by atoms with Gasteiger partial charge < -0.3 is 14.6 Å². The highest BCUT2D eigenvalue weighted by atomic mass is 32.1. The third-order valence-corrected chi connectivity index (χ3v) is 3.34. The Morgan fingerprint density at radius 1 is 1.37 bits per heavy atom. The van der Waals surface area contributed by atoms with E-state index in [0.29, 0.717) is 17.1 Å².